The summed E-state index contributed by atoms with van der Waals surface area (Å²) >= 11 is 9.15. The van der Waals surface area contributed by atoms with E-state index in [9.17, 15) is 14.4 Å². The van der Waals surface area contributed by atoms with Crippen LogP contribution in [0.1, 0.15) is 27.9 Å². The lowest BCUT2D eigenvalue weighted by Gasteiger charge is -2.27. The number of nitriles is 1. The average Bonchev–Trinajstić information content (AvgIpc) is 3.22. The summed E-state index contributed by atoms with van der Waals surface area (Å²) in [6, 6.07) is 16.0. The van der Waals surface area contributed by atoms with Crippen LogP contribution in [0.4, 0.5) is 9.18 Å². The third-order valence-corrected chi connectivity index (χ3v) is 7.26. The van der Waals surface area contributed by atoms with E-state index in [1.54, 1.807) is 29.0 Å². The zero-order valence-corrected chi connectivity index (χ0v) is 22.1. The van der Waals surface area contributed by atoms with Gasteiger partial charge in [-0.3, -0.25) is 9.47 Å². The number of carbonyl (C=O) groups excluding carboxylic acids is 1. The molecule has 0 saturated carbocycles. The van der Waals surface area contributed by atoms with E-state index in [1.165, 1.54) is 6.07 Å². The van der Waals surface area contributed by atoms with Crippen LogP contribution in [0.15, 0.2) is 65.3 Å². The van der Waals surface area contributed by atoms with E-state index >= 15 is 0 Å². The first-order valence-electron chi connectivity index (χ1n) is 11.7. The molecular weight excluding hydrogens is 557 g/mol. The SMILES string of the molecule is N#Cc1ccc2c(c1)c1c(n2C(=O)NCc2ccnc(Cl)c2)CCN(C/C=C/c2ccc(Br)c(F)c2)C1. The number of hydrogen-bond donors (Lipinski definition) is 1. The van der Waals surface area contributed by atoms with Crippen LogP contribution >= 0.6 is 27.5 Å². The highest BCUT2D eigenvalue weighted by atomic mass is 79.9. The topological polar surface area (TPSA) is 74.0 Å². The Kier molecular flexibility index (Phi) is 7.38. The van der Waals surface area contributed by atoms with E-state index in [0.29, 0.717) is 41.2 Å². The first-order valence-corrected chi connectivity index (χ1v) is 12.9. The molecule has 1 N–H and O–H groups in total. The van der Waals surface area contributed by atoms with E-state index in [0.717, 1.165) is 39.8 Å². The monoisotopic (exact) mass is 577 g/mol. The van der Waals surface area contributed by atoms with Gasteiger partial charge in [0.05, 0.1) is 21.6 Å². The molecule has 0 aliphatic carbocycles. The molecule has 5 rings (SSSR count). The van der Waals surface area contributed by atoms with Crippen LogP contribution in [0, 0.1) is 17.1 Å². The number of nitrogens with one attached hydrogen (secondary N) is 1. The molecule has 6 nitrogen and oxygen atoms in total. The zero-order valence-electron chi connectivity index (χ0n) is 19.7. The van der Waals surface area contributed by atoms with E-state index in [4.69, 9.17) is 11.6 Å². The highest BCUT2D eigenvalue weighted by Gasteiger charge is 2.26. The molecule has 0 radical (unpaired) electrons. The number of hydrogen-bond acceptors (Lipinski definition) is 4. The van der Waals surface area contributed by atoms with E-state index in [2.05, 4.69) is 37.2 Å². The molecule has 4 aromatic rings. The van der Waals surface area contributed by atoms with Gasteiger partial charge in [-0.05, 0) is 75.1 Å². The highest BCUT2D eigenvalue weighted by Crippen LogP contribution is 2.32. The molecule has 1 aliphatic heterocycles. The van der Waals surface area contributed by atoms with Crippen LogP contribution in [0.2, 0.25) is 5.15 Å². The van der Waals surface area contributed by atoms with Crippen LogP contribution < -0.4 is 5.32 Å². The lowest BCUT2D eigenvalue weighted by molar-refractivity contribution is 0.240. The Hall–Kier alpha value is -3.51. The van der Waals surface area contributed by atoms with Crippen molar-refractivity contribution in [2.24, 2.45) is 0 Å². The minimum atomic E-state index is -0.295. The van der Waals surface area contributed by atoms with Crippen molar-refractivity contribution >= 4 is 50.5 Å². The molecule has 0 unspecified atom stereocenters. The summed E-state index contributed by atoms with van der Waals surface area (Å²) in [6.45, 7) is 2.40. The Balaban J connectivity index is 1.39. The van der Waals surface area contributed by atoms with Crippen molar-refractivity contribution in [1.82, 2.24) is 19.8 Å². The third-order valence-electron chi connectivity index (χ3n) is 6.41. The van der Waals surface area contributed by atoms with Crippen molar-refractivity contribution in [3.63, 3.8) is 0 Å². The second kappa shape index (κ2) is 10.9. The average molecular weight is 579 g/mol. The van der Waals surface area contributed by atoms with Gasteiger partial charge in [-0.2, -0.15) is 5.26 Å². The zero-order chi connectivity index (χ0) is 25.9. The Bertz CT molecular complexity index is 1580. The van der Waals surface area contributed by atoms with Gasteiger partial charge in [0, 0.05) is 49.9 Å². The maximum Gasteiger partial charge on any atom is 0.326 e. The van der Waals surface area contributed by atoms with Gasteiger partial charge in [0.25, 0.3) is 0 Å². The Morgan fingerprint density at radius 2 is 2.11 bits per heavy atom. The van der Waals surface area contributed by atoms with E-state index in [-0.39, 0.29) is 11.8 Å². The van der Waals surface area contributed by atoms with Crippen LogP contribution in [0.5, 0.6) is 0 Å². The van der Waals surface area contributed by atoms with Crippen LogP contribution in [0.25, 0.3) is 17.0 Å². The maximum absolute atomic E-state index is 13.8. The molecule has 0 spiro atoms. The lowest BCUT2D eigenvalue weighted by atomic mass is 10.0. The van der Waals surface area contributed by atoms with Crippen molar-refractivity contribution in [1.29, 1.82) is 5.26 Å². The number of pyridine rings is 1. The van der Waals surface area contributed by atoms with E-state index in [1.807, 2.05) is 36.4 Å². The molecule has 3 heterocycles. The molecule has 2 aromatic carbocycles. The van der Waals surface area contributed by atoms with Gasteiger partial charge in [-0.15, -0.1) is 0 Å². The molecule has 1 aliphatic rings. The van der Waals surface area contributed by atoms with E-state index < -0.39 is 0 Å². The summed E-state index contributed by atoms with van der Waals surface area (Å²) in [5.41, 5.74) is 4.97. The standard InChI is InChI=1S/C28H22BrClFN5O/c29-23-5-3-18(13-24(23)31)2-1-10-35-11-8-26-22(17-35)21-12-19(15-32)4-6-25(21)36(26)28(37)34-16-20-7-9-33-27(30)14-20/h1-7,9,12-14H,8,10-11,16-17H2,(H,34,37)/b2-1+. The molecule has 37 heavy (non-hydrogen) atoms. The molecule has 0 atom stereocenters. The normalized spacial score (nSPS) is 13.6. The van der Waals surface area contributed by atoms with Gasteiger partial charge in [-0.25, -0.2) is 14.2 Å². The minimum absolute atomic E-state index is 0.227. The first-order chi connectivity index (χ1) is 17.9. The van der Waals surface area contributed by atoms with Crippen molar-refractivity contribution < 1.29 is 9.18 Å². The molecule has 2 aromatic heterocycles. The summed E-state index contributed by atoms with van der Waals surface area (Å²) in [6.07, 6.45) is 6.21. The maximum atomic E-state index is 13.8. The molecule has 186 valence electrons. The molecular formula is C28H22BrClFN5O. The number of amides is 1. The molecule has 1 amide bonds. The molecule has 9 heteroatoms. The fourth-order valence-electron chi connectivity index (χ4n) is 4.63. The minimum Gasteiger partial charge on any atom is -0.333 e. The summed E-state index contributed by atoms with van der Waals surface area (Å²) in [7, 11) is 0. The van der Waals surface area contributed by atoms with Crippen LogP contribution in [-0.2, 0) is 19.5 Å². The number of rotatable bonds is 5. The Labute approximate surface area is 227 Å². The fraction of sp³-hybridized carbons (Fsp3) is 0.179. The van der Waals surface area contributed by atoms with Gasteiger partial charge in [-0.1, -0.05) is 29.8 Å². The van der Waals surface area contributed by atoms with Gasteiger partial charge in [0.2, 0.25) is 0 Å². The Morgan fingerprint density at radius 1 is 1.24 bits per heavy atom. The molecule has 0 saturated heterocycles. The summed E-state index contributed by atoms with van der Waals surface area (Å²) in [5.74, 6) is -0.295. The van der Waals surface area contributed by atoms with Crippen molar-refractivity contribution in [2.45, 2.75) is 19.5 Å². The molecule has 0 fully saturated rings. The number of halogens is 3. The van der Waals surface area contributed by atoms with Gasteiger partial charge < -0.3 is 5.32 Å². The third kappa shape index (κ3) is 5.44. The van der Waals surface area contributed by atoms with Crippen molar-refractivity contribution in [3.8, 4) is 6.07 Å². The number of fused-ring (bicyclic) bond motifs is 3. The lowest BCUT2D eigenvalue weighted by Crippen LogP contribution is -2.34. The number of aromatic nitrogens is 2. The fourth-order valence-corrected chi connectivity index (χ4v) is 5.08. The van der Waals surface area contributed by atoms with Gasteiger partial charge >= 0.3 is 6.03 Å². The predicted octanol–water partition coefficient (Wildman–Crippen LogP) is 6.29. The van der Waals surface area contributed by atoms with Crippen molar-refractivity contribution in [3.05, 3.63) is 104 Å². The Morgan fingerprint density at radius 3 is 2.89 bits per heavy atom. The number of carbonyl (C=O) groups is 1. The smallest absolute Gasteiger partial charge is 0.326 e. The first kappa shape index (κ1) is 25.2. The van der Waals surface area contributed by atoms with Crippen LogP contribution in [-0.4, -0.2) is 33.6 Å². The van der Waals surface area contributed by atoms with Crippen LogP contribution in [0.3, 0.4) is 0 Å². The predicted molar refractivity (Wildman–Crippen MR) is 146 cm³/mol. The number of benzene rings is 2. The molecule has 0 bridgehead atoms. The second-order valence-electron chi connectivity index (χ2n) is 8.81. The second-order valence-corrected chi connectivity index (χ2v) is 10.1. The largest absolute Gasteiger partial charge is 0.333 e. The quantitative estimate of drug-likeness (QED) is 0.282. The highest BCUT2D eigenvalue weighted by molar-refractivity contribution is 9.10. The summed E-state index contributed by atoms with van der Waals surface area (Å²) < 4.78 is 16.0. The summed E-state index contributed by atoms with van der Waals surface area (Å²) in [4.78, 5) is 19.6. The summed E-state index contributed by atoms with van der Waals surface area (Å²) in [5, 5.41) is 13.7. The number of nitrogens with zero attached hydrogens (tertiary/aromatic N) is 4. The van der Waals surface area contributed by atoms with Gasteiger partial charge in [0.15, 0.2) is 0 Å². The van der Waals surface area contributed by atoms with Gasteiger partial charge in [0.1, 0.15) is 11.0 Å². The van der Waals surface area contributed by atoms with Crippen molar-refractivity contribution in [2.75, 3.05) is 13.1 Å².